The second-order valence-corrected chi connectivity index (χ2v) is 3.09. The summed E-state index contributed by atoms with van der Waals surface area (Å²) in [4.78, 5) is 0. The molecule has 0 bridgehead atoms. The highest BCUT2D eigenvalue weighted by molar-refractivity contribution is 6.30. The van der Waals surface area contributed by atoms with E-state index in [-0.39, 0.29) is 0 Å². The van der Waals surface area contributed by atoms with Gasteiger partial charge in [-0.05, 0) is 17.7 Å². The van der Waals surface area contributed by atoms with Gasteiger partial charge in [-0.25, -0.2) is 0 Å². The Balaban J connectivity index is 2.32. The molecule has 1 heterocycles. The molecule has 0 saturated heterocycles. The van der Waals surface area contributed by atoms with E-state index < -0.39 is 0 Å². The first kappa shape index (κ1) is 8.41. The van der Waals surface area contributed by atoms with Gasteiger partial charge >= 0.3 is 0 Å². The maximum absolute atomic E-state index is 5.75. The Morgan fingerprint density at radius 2 is 1.85 bits per heavy atom. The van der Waals surface area contributed by atoms with Crippen LogP contribution in [-0.2, 0) is 0 Å². The molecule has 0 amide bonds. The Morgan fingerprint density at radius 3 is 2.38 bits per heavy atom. The Kier molecular flexibility index (Phi) is 2.12. The number of azo groups is 1. The number of rotatable bonds is 1. The predicted octanol–water partition coefficient (Wildman–Crippen LogP) is 2.59. The Morgan fingerprint density at radius 1 is 1.15 bits per heavy atom. The van der Waals surface area contributed by atoms with E-state index in [9.17, 15) is 0 Å². The summed E-state index contributed by atoms with van der Waals surface area (Å²) in [7, 11) is 0. The molecule has 0 atom stereocenters. The van der Waals surface area contributed by atoms with Crippen molar-refractivity contribution in [3.63, 3.8) is 0 Å². The van der Waals surface area contributed by atoms with E-state index in [0.717, 1.165) is 11.1 Å². The molecule has 13 heavy (non-hydrogen) atoms. The number of nitrogens with two attached hydrogens (primary N) is 1. The molecule has 1 aliphatic rings. The zero-order chi connectivity index (χ0) is 9.26. The highest BCUT2D eigenvalue weighted by atomic mass is 35.5. The van der Waals surface area contributed by atoms with Crippen LogP contribution in [0.4, 0.5) is 0 Å². The number of hydrogen-bond acceptors (Lipinski definition) is 3. The first-order valence-electron chi connectivity index (χ1n) is 3.77. The van der Waals surface area contributed by atoms with Gasteiger partial charge in [0.2, 0.25) is 6.17 Å². The number of hydrogen-bond donors (Lipinski definition) is 1. The second kappa shape index (κ2) is 3.28. The van der Waals surface area contributed by atoms with E-state index in [2.05, 4.69) is 10.2 Å². The predicted molar refractivity (Wildman–Crippen MR) is 51.7 cm³/mol. The van der Waals surface area contributed by atoms with Gasteiger partial charge in [-0.1, -0.05) is 23.7 Å². The lowest BCUT2D eigenvalue weighted by Crippen LogP contribution is -2.05. The first-order valence-corrected chi connectivity index (χ1v) is 4.15. The van der Waals surface area contributed by atoms with Crippen molar-refractivity contribution in [2.75, 3.05) is 0 Å². The fourth-order valence-electron chi connectivity index (χ4n) is 1.12. The molecule has 0 aromatic heterocycles. The maximum Gasteiger partial charge on any atom is 0.202 e. The van der Waals surface area contributed by atoms with Crippen LogP contribution in [0.3, 0.4) is 0 Å². The molecule has 2 rings (SSSR count). The summed E-state index contributed by atoms with van der Waals surface area (Å²) in [6.45, 7) is 0. The average Bonchev–Trinajstić information content (AvgIpc) is 2.53. The van der Waals surface area contributed by atoms with Gasteiger partial charge in [0.05, 0.1) is 6.20 Å². The summed E-state index contributed by atoms with van der Waals surface area (Å²) in [5.41, 5.74) is 7.43. The molecule has 3 nitrogen and oxygen atoms in total. The van der Waals surface area contributed by atoms with E-state index in [0.29, 0.717) is 11.2 Å². The van der Waals surface area contributed by atoms with Crippen LogP contribution in [0, 0.1) is 6.17 Å². The zero-order valence-corrected chi connectivity index (χ0v) is 7.49. The van der Waals surface area contributed by atoms with Crippen LogP contribution in [-0.4, -0.2) is 0 Å². The number of benzene rings is 1. The third-order valence-corrected chi connectivity index (χ3v) is 2.04. The van der Waals surface area contributed by atoms with E-state index in [1.54, 1.807) is 6.20 Å². The Labute approximate surface area is 80.9 Å². The van der Waals surface area contributed by atoms with Crippen LogP contribution in [0.2, 0.25) is 5.02 Å². The molecule has 2 N–H and O–H groups in total. The van der Waals surface area contributed by atoms with Crippen molar-refractivity contribution < 1.29 is 0 Å². The zero-order valence-electron chi connectivity index (χ0n) is 6.74. The second-order valence-electron chi connectivity index (χ2n) is 2.65. The standard InChI is InChI=1S/C9H7ClN3/c10-7-3-1-6(2-4-7)8-5-12-13-9(8)11/h1-5H,11H2. The molecule has 65 valence electrons. The van der Waals surface area contributed by atoms with E-state index in [1.165, 1.54) is 0 Å². The van der Waals surface area contributed by atoms with Gasteiger partial charge in [0.25, 0.3) is 0 Å². The van der Waals surface area contributed by atoms with Crippen molar-refractivity contribution in [3.8, 4) is 0 Å². The summed E-state index contributed by atoms with van der Waals surface area (Å²) < 4.78 is 0. The van der Waals surface area contributed by atoms with Crippen molar-refractivity contribution in [1.29, 1.82) is 0 Å². The fourth-order valence-corrected chi connectivity index (χ4v) is 1.25. The topological polar surface area (TPSA) is 50.7 Å². The number of nitrogens with zero attached hydrogens (tertiary/aromatic N) is 2. The minimum atomic E-state index is 0.447. The smallest absolute Gasteiger partial charge is 0.202 e. The average molecular weight is 193 g/mol. The van der Waals surface area contributed by atoms with Crippen molar-refractivity contribution >= 4 is 17.2 Å². The lowest BCUT2D eigenvalue weighted by atomic mass is 10.1. The minimum absolute atomic E-state index is 0.447. The van der Waals surface area contributed by atoms with Crippen molar-refractivity contribution in [2.45, 2.75) is 0 Å². The van der Waals surface area contributed by atoms with E-state index in [1.807, 2.05) is 24.3 Å². The lowest BCUT2D eigenvalue weighted by molar-refractivity contribution is 1.04. The van der Waals surface area contributed by atoms with Crippen LogP contribution in [0.1, 0.15) is 5.56 Å². The van der Waals surface area contributed by atoms with Crippen molar-refractivity contribution in [2.24, 2.45) is 16.0 Å². The summed E-state index contributed by atoms with van der Waals surface area (Å²) in [5, 5.41) is 8.13. The fraction of sp³-hybridized carbons (Fsp3) is 0. The molecule has 4 heteroatoms. The highest BCUT2D eigenvalue weighted by Gasteiger charge is 2.15. The molecule has 1 aromatic rings. The minimum Gasteiger partial charge on any atom is -0.298 e. The molecule has 1 aromatic carbocycles. The first-order chi connectivity index (χ1) is 6.27. The molecule has 0 saturated carbocycles. The van der Waals surface area contributed by atoms with Crippen LogP contribution in [0.25, 0.3) is 5.57 Å². The van der Waals surface area contributed by atoms with Gasteiger partial charge < -0.3 is 0 Å². The molecule has 0 fully saturated rings. The van der Waals surface area contributed by atoms with Crippen LogP contribution >= 0.6 is 11.6 Å². The molecule has 0 unspecified atom stereocenters. The molecule has 1 aliphatic heterocycles. The summed E-state index contributed by atoms with van der Waals surface area (Å²) >= 11 is 5.75. The van der Waals surface area contributed by atoms with E-state index >= 15 is 0 Å². The highest BCUT2D eigenvalue weighted by Crippen LogP contribution is 2.27. The Hall–Kier alpha value is -1.19. The summed E-state index contributed by atoms with van der Waals surface area (Å²) in [6.07, 6.45) is 2.08. The molecule has 0 aliphatic carbocycles. The number of halogens is 1. The van der Waals surface area contributed by atoms with Crippen LogP contribution in [0.15, 0.2) is 40.7 Å². The quantitative estimate of drug-likeness (QED) is 0.731. The van der Waals surface area contributed by atoms with Crippen LogP contribution < -0.4 is 5.73 Å². The molecule has 0 spiro atoms. The maximum atomic E-state index is 5.75. The van der Waals surface area contributed by atoms with Gasteiger partial charge in [0, 0.05) is 10.6 Å². The normalized spacial score (nSPS) is 16.3. The molecular weight excluding hydrogens is 186 g/mol. The SMILES string of the molecule is N[C]1N=NC=C1c1ccc(Cl)cc1. The van der Waals surface area contributed by atoms with Crippen molar-refractivity contribution in [1.82, 2.24) is 0 Å². The largest absolute Gasteiger partial charge is 0.298 e. The van der Waals surface area contributed by atoms with Gasteiger partial charge in [-0.2, -0.15) is 10.2 Å². The van der Waals surface area contributed by atoms with Gasteiger partial charge in [-0.15, -0.1) is 0 Å². The van der Waals surface area contributed by atoms with Gasteiger partial charge in [-0.3, -0.25) is 5.73 Å². The summed E-state index contributed by atoms with van der Waals surface area (Å²) in [5.74, 6) is 0. The molecular formula is C9H7ClN3. The lowest BCUT2D eigenvalue weighted by Gasteiger charge is -2.03. The monoisotopic (exact) mass is 192 g/mol. The third kappa shape index (κ3) is 1.61. The summed E-state index contributed by atoms with van der Waals surface area (Å²) in [6, 6.07) is 7.39. The Bertz CT molecular complexity index is 367. The van der Waals surface area contributed by atoms with Crippen LogP contribution in [0.5, 0.6) is 0 Å². The van der Waals surface area contributed by atoms with E-state index in [4.69, 9.17) is 17.3 Å². The van der Waals surface area contributed by atoms with Gasteiger partial charge in [0.15, 0.2) is 0 Å². The van der Waals surface area contributed by atoms with Gasteiger partial charge in [0.1, 0.15) is 0 Å². The molecule has 1 radical (unpaired) electrons. The third-order valence-electron chi connectivity index (χ3n) is 1.78. The van der Waals surface area contributed by atoms with Crippen molar-refractivity contribution in [3.05, 3.63) is 47.2 Å².